The zero-order valence-electron chi connectivity index (χ0n) is 17.0. The molecule has 0 fully saturated rings. The largest absolute Gasteiger partial charge is 0.507 e. The Labute approximate surface area is 163 Å². The van der Waals surface area contributed by atoms with Crippen LogP contribution in [0.4, 0.5) is 0 Å². The van der Waals surface area contributed by atoms with Gasteiger partial charge in [0.25, 0.3) is 0 Å². The van der Waals surface area contributed by atoms with Crippen molar-refractivity contribution in [2.24, 2.45) is 0 Å². The maximum absolute atomic E-state index is 11.1. The summed E-state index contributed by atoms with van der Waals surface area (Å²) < 4.78 is 0. The minimum atomic E-state index is -0.123. The number of phenols is 1. The van der Waals surface area contributed by atoms with E-state index in [1.165, 1.54) is 16.7 Å². The van der Waals surface area contributed by atoms with Gasteiger partial charge in [0.05, 0.1) is 0 Å². The van der Waals surface area contributed by atoms with E-state index in [2.05, 4.69) is 101 Å². The van der Waals surface area contributed by atoms with E-state index in [1.54, 1.807) is 0 Å². The molecule has 0 amide bonds. The van der Waals surface area contributed by atoms with Crippen LogP contribution in [0, 0.1) is 0 Å². The molecule has 1 N–H and O–H groups in total. The quantitative estimate of drug-likeness (QED) is 0.532. The molecule has 140 valence electrons. The van der Waals surface area contributed by atoms with Crippen LogP contribution in [0.5, 0.6) is 5.75 Å². The molecule has 2 unspecified atom stereocenters. The maximum Gasteiger partial charge on any atom is 0.123 e. The van der Waals surface area contributed by atoms with Crippen LogP contribution >= 0.6 is 0 Å². The number of hydrogen-bond donors (Lipinski definition) is 1. The fraction of sp³-hybridized carbons (Fsp3) is 0.308. The van der Waals surface area contributed by atoms with Gasteiger partial charge in [-0.05, 0) is 27.7 Å². The van der Waals surface area contributed by atoms with Gasteiger partial charge in [-0.1, -0.05) is 107 Å². The number of rotatable bonds is 4. The number of aromatic hydroxyl groups is 1. The topological polar surface area (TPSA) is 20.2 Å². The molecule has 0 saturated carbocycles. The predicted molar refractivity (Wildman–Crippen MR) is 115 cm³/mol. The molecule has 0 heterocycles. The summed E-state index contributed by atoms with van der Waals surface area (Å²) in [6, 6.07) is 25.4. The first-order valence-electron chi connectivity index (χ1n) is 9.76. The van der Waals surface area contributed by atoms with Gasteiger partial charge in [-0.15, -0.1) is 0 Å². The third kappa shape index (κ3) is 4.08. The van der Waals surface area contributed by atoms with Crippen LogP contribution < -0.4 is 0 Å². The minimum Gasteiger partial charge on any atom is -0.507 e. The average Bonchev–Trinajstić information content (AvgIpc) is 2.67. The van der Waals surface area contributed by atoms with Gasteiger partial charge in [0.1, 0.15) is 5.75 Å². The van der Waals surface area contributed by atoms with Crippen molar-refractivity contribution in [2.75, 3.05) is 0 Å². The Morgan fingerprint density at radius 3 is 1.63 bits per heavy atom. The van der Waals surface area contributed by atoms with Crippen molar-refractivity contribution in [2.45, 2.75) is 51.9 Å². The van der Waals surface area contributed by atoms with Gasteiger partial charge in [-0.25, -0.2) is 0 Å². The Bertz CT molecular complexity index is 889. The second kappa shape index (κ2) is 7.60. The Morgan fingerprint density at radius 2 is 1.15 bits per heavy atom. The number of hydrogen-bond acceptors (Lipinski definition) is 1. The highest BCUT2D eigenvalue weighted by Gasteiger charge is 2.25. The van der Waals surface area contributed by atoms with Gasteiger partial charge in [-0.2, -0.15) is 0 Å². The summed E-state index contributed by atoms with van der Waals surface area (Å²) in [6.07, 6.45) is 0. The highest BCUT2D eigenvalue weighted by atomic mass is 16.3. The molecule has 0 aliphatic heterocycles. The van der Waals surface area contributed by atoms with Gasteiger partial charge < -0.3 is 5.11 Å². The fourth-order valence-electron chi connectivity index (χ4n) is 3.69. The SMILES string of the molecule is CC(c1ccccc1)c1cc(C(C)c2ccccc2)c(O)c(C(C)(C)C)c1. The van der Waals surface area contributed by atoms with E-state index in [0.717, 1.165) is 11.1 Å². The third-order valence-electron chi connectivity index (χ3n) is 5.54. The molecule has 0 bridgehead atoms. The molecule has 0 radical (unpaired) electrons. The first kappa shape index (κ1) is 19.2. The zero-order valence-corrected chi connectivity index (χ0v) is 17.0. The first-order chi connectivity index (χ1) is 12.8. The Kier molecular flexibility index (Phi) is 5.41. The molecule has 0 aliphatic carbocycles. The van der Waals surface area contributed by atoms with Crippen LogP contribution in [0.1, 0.15) is 74.3 Å². The molecule has 0 saturated heterocycles. The van der Waals surface area contributed by atoms with E-state index in [0.29, 0.717) is 5.75 Å². The van der Waals surface area contributed by atoms with Crippen molar-refractivity contribution in [1.29, 1.82) is 0 Å². The molecule has 1 heteroatoms. The molecular formula is C26H30O. The molecule has 27 heavy (non-hydrogen) atoms. The Balaban J connectivity index is 2.15. The van der Waals surface area contributed by atoms with Crippen molar-refractivity contribution >= 4 is 0 Å². The maximum atomic E-state index is 11.1. The van der Waals surface area contributed by atoms with Gasteiger partial charge >= 0.3 is 0 Å². The normalized spacial score (nSPS) is 14.0. The molecule has 1 nitrogen and oxygen atoms in total. The van der Waals surface area contributed by atoms with Crippen molar-refractivity contribution in [3.63, 3.8) is 0 Å². The minimum absolute atomic E-state index is 0.123. The predicted octanol–water partition coefficient (Wildman–Crippen LogP) is 6.99. The Morgan fingerprint density at radius 1 is 0.667 bits per heavy atom. The van der Waals surface area contributed by atoms with E-state index in [1.807, 2.05) is 6.07 Å². The van der Waals surface area contributed by atoms with Crippen molar-refractivity contribution in [3.05, 3.63) is 101 Å². The molecule has 0 aromatic heterocycles. The summed E-state index contributed by atoms with van der Waals surface area (Å²) in [5.74, 6) is 0.840. The summed E-state index contributed by atoms with van der Waals surface area (Å²) in [7, 11) is 0. The summed E-state index contributed by atoms with van der Waals surface area (Å²) in [4.78, 5) is 0. The van der Waals surface area contributed by atoms with Gasteiger partial charge in [-0.3, -0.25) is 0 Å². The van der Waals surface area contributed by atoms with Crippen LogP contribution in [-0.2, 0) is 5.41 Å². The van der Waals surface area contributed by atoms with Crippen LogP contribution in [0.15, 0.2) is 72.8 Å². The van der Waals surface area contributed by atoms with Gasteiger partial charge in [0.15, 0.2) is 0 Å². The summed E-state index contributed by atoms with van der Waals surface area (Å²) >= 11 is 0. The molecule has 0 aliphatic rings. The molecule has 3 aromatic rings. The van der Waals surface area contributed by atoms with Crippen molar-refractivity contribution in [1.82, 2.24) is 0 Å². The number of benzene rings is 3. The lowest BCUT2D eigenvalue weighted by Gasteiger charge is -2.27. The van der Waals surface area contributed by atoms with Gasteiger partial charge in [0, 0.05) is 17.4 Å². The van der Waals surface area contributed by atoms with E-state index in [4.69, 9.17) is 0 Å². The smallest absolute Gasteiger partial charge is 0.123 e. The van der Waals surface area contributed by atoms with Crippen LogP contribution in [0.25, 0.3) is 0 Å². The van der Waals surface area contributed by atoms with E-state index in [9.17, 15) is 5.11 Å². The lowest BCUT2D eigenvalue weighted by molar-refractivity contribution is 0.438. The van der Waals surface area contributed by atoms with Crippen molar-refractivity contribution < 1.29 is 5.11 Å². The summed E-state index contributed by atoms with van der Waals surface area (Å²) in [6.45, 7) is 10.9. The molecule has 0 spiro atoms. The highest BCUT2D eigenvalue weighted by molar-refractivity contribution is 5.52. The van der Waals surface area contributed by atoms with Crippen LogP contribution in [0.3, 0.4) is 0 Å². The fourth-order valence-corrected chi connectivity index (χ4v) is 3.69. The lowest BCUT2D eigenvalue weighted by Crippen LogP contribution is -2.14. The summed E-state index contributed by atoms with van der Waals surface area (Å²) in [5.41, 5.74) is 5.66. The van der Waals surface area contributed by atoms with E-state index in [-0.39, 0.29) is 17.3 Å². The molecular weight excluding hydrogens is 328 g/mol. The van der Waals surface area contributed by atoms with Crippen LogP contribution in [0.2, 0.25) is 0 Å². The average molecular weight is 359 g/mol. The standard InChI is InChI=1S/C26H30O/c1-18(20-12-8-6-9-13-20)22-16-23(19(2)21-14-10-7-11-15-21)25(27)24(17-22)26(3,4)5/h6-19,27H,1-5H3. The molecule has 2 atom stereocenters. The highest BCUT2D eigenvalue weighted by Crippen LogP contribution is 2.41. The van der Waals surface area contributed by atoms with Crippen molar-refractivity contribution in [3.8, 4) is 5.75 Å². The first-order valence-corrected chi connectivity index (χ1v) is 9.76. The van der Waals surface area contributed by atoms with E-state index >= 15 is 0 Å². The number of phenolic OH excluding ortho intramolecular Hbond substituents is 1. The van der Waals surface area contributed by atoms with Crippen LogP contribution in [-0.4, -0.2) is 5.11 Å². The molecule has 3 rings (SSSR count). The zero-order chi connectivity index (χ0) is 19.6. The second-order valence-electron chi connectivity index (χ2n) is 8.52. The summed E-state index contributed by atoms with van der Waals surface area (Å²) in [5, 5.41) is 11.1. The molecule has 3 aromatic carbocycles. The monoisotopic (exact) mass is 358 g/mol. The van der Waals surface area contributed by atoms with E-state index < -0.39 is 0 Å². The second-order valence-corrected chi connectivity index (χ2v) is 8.52. The lowest BCUT2D eigenvalue weighted by atomic mass is 9.79. The van der Waals surface area contributed by atoms with Gasteiger partial charge in [0.2, 0.25) is 0 Å². The third-order valence-corrected chi connectivity index (χ3v) is 5.54. The Hall–Kier alpha value is -2.54.